The van der Waals surface area contributed by atoms with Crippen LogP contribution in [0.5, 0.6) is 0 Å². The van der Waals surface area contributed by atoms with Crippen molar-refractivity contribution in [1.29, 1.82) is 0 Å². The largest absolute Gasteiger partial charge is 0.391 e. The van der Waals surface area contributed by atoms with E-state index in [4.69, 9.17) is 0 Å². The molecular formula is C13H22N4O. The predicted molar refractivity (Wildman–Crippen MR) is 68.3 cm³/mol. The van der Waals surface area contributed by atoms with E-state index in [2.05, 4.69) is 22.0 Å². The van der Waals surface area contributed by atoms with Crippen LogP contribution in [0.2, 0.25) is 0 Å². The third-order valence-electron chi connectivity index (χ3n) is 4.19. The van der Waals surface area contributed by atoms with Gasteiger partial charge in [-0.3, -0.25) is 0 Å². The highest BCUT2D eigenvalue weighted by Crippen LogP contribution is 2.21. The van der Waals surface area contributed by atoms with Gasteiger partial charge in [-0.15, -0.1) is 0 Å². The Balaban J connectivity index is 1.63. The van der Waals surface area contributed by atoms with E-state index < -0.39 is 0 Å². The maximum Gasteiger partial charge on any atom is 0.151 e. The van der Waals surface area contributed by atoms with Crippen molar-refractivity contribution in [3.05, 3.63) is 11.6 Å². The fourth-order valence-corrected chi connectivity index (χ4v) is 2.95. The molecule has 1 aromatic rings. The Morgan fingerprint density at radius 1 is 1.28 bits per heavy atom. The summed E-state index contributed by atoms with van der Waals surface area (Å²) in [4.78, 5) is 7.01. The molecule has 0 spiro atoms. The predicted octanol–water partition coefficient (Wildman–Crippen LogP) is 0.469. The quantitative estimate of drug-likeness (QED) is 0.829. The number of fused-ring (bicyclic) bond motifs is 1. The van der Waals surface area contributed by atoms with Crippen molar-refractivity contribution in [3.63, 3.8) is 0 Å². The van der Waals surface area contributed by atoms with Crippen LogP contribution in [0.1, 0.15) is 30.9 Å². The Bertz CT molecular complexity index is 409. The summed E-state index contributed by atoms with van der Waals surface area (Å²) in [5.74, 6) is 2.77. The van der Waals surface area contributed by atoms with Gasteiger partial charge in [-0.05, 0) is 45.3 Å². The zero-order valence-electron chi connectivity index (χ0n) is 11.0. The van der Waals surface area contributed by atoms with E-state index in [0.717, 1.165) is 36.8 Å². The summed E-state index contributed by atoms with van der Waals surface area (Å²) in [5, 5.41) is 14.2. The second-order valence-corrected chi connectivity index (χ2v) is 5.77. The highest BCUT2D eigenvalue weighted by molar-refractivity contribution is 4.98. The number of aromatic nitrogens is 3. The van der Waals surface area contributed by atoms with E-state index in [1.54, 1.807) is 0 Å². The molecule has 1 N–H and O–H groups in total. The van der Waals surface area contributed by atoms with Crippen LogP contribution < -0.4 is 0 Å². The maximum absolute atomic E-state index is 9.62. The van der Waals surface area contributed by atoms with Gasteiger partial charge in [-0.25, -0.2) is 9.67 Å². The van der Waals surface area contributed by atoms with Gasteiger partial charge in [0.15, 0.2) is 5.82 Å². The van der Waals surface area contributed by atoms with E-state index in [-0.39, 0.29) is 6.10 Å². The van der Waals surface area contributed by atoms with Crippen LogP contribution >= 0.6 is 0 Å². The number of rotatable bonds is 2. The first-order valence-corrected chi connectivity index (χ1v) is 7.00. The zero-order valence-corrected chi connectivity index (χ0v) is 11.0. The third kappa shape index (κ3) is 2.57. The maximum atomic E-state index is 9.62. The summed E-state index contributed by atoms with van der Waals surface area (Å²) in [6.07, 6.45) is 4.96. The van der Waals surface area contributed by atoms with Crippen LogP contribution in [0.3, 0.4) is 0 Å². The molecule has 3 heterocycles. The van der Waals surface area contributed by atoms with Gasteiger partial charge in [0.25, 0.3) is 0 Å². The highest BCUT2D eigenvalue weighted by atomic mass is 16.3. The van der Waals surface area contributed by atoms with Crippen LogP contribution in [0.15, 0.2) is 0 Å². The van der Waals surface area contributed by atoms with Crippen molar-refractivity contribution in [2.75, 3.05) is 20.1 Å². The molecule has 5 heteroatoms. The molecule has 1 aromatic heterocycles. The van der Waals surface area contributed by atoms with Crippen LogP contribution in [-0.2, 0) is 19.4 Å². The van der Waals surface area contributed by atoms with E-state index >= 15 is 0 Å². The minimum atomic E-state index is -0.240. The van der Waals surface area contributed by atoms with Gasteiger partial charge in [-0.2, -0.15) is 5.10 Å². The van der Waals surface area contributed by atoms with Crippen molar-refractivity contribution in [2.24, 2.45) is 5.92 Å². The fourth-order valence-electron chi connectivity index (χ4n) is 2.95. The van der Waals surface area contributed by atoms with Crippen molar-refractivity contribution in [3.8, 4) is 0 Å². The van der Waals surface area contributed by atoms with Gasteiger partial charge in [0.2, 0.25) is 0 Å². The van der Waals surface area contributed by atoms with Crippen molar-refractivity contribution in [2.45, 2.75) is 44.8 Å². The molecule has 2 aliphatic rings. The average molecular weight is 250 g/mol. The second-order valence-electron chi connectivity index (χ2n) is 5.77. The summed E-state index contributed by atoms with van der Waals surface area (Å²) in [6.45, 7) is 3.00. The number of likely N-dealkylation sites (tertiary alicyclic amines) is 1. The van der Waals surface area contributed by atoms with Crippen LogP contribution in [0.25, 0.3) is 0 Å². The Labute approximate surface area is 108 Å². The molecular weight excluding hydrogens is 228 g/mol. The lowest BCUT2D eigenvalue weighted by Crippen LogP contribution is -2.31. The summed E-state index contributed by atoms with van der Waals surface area (Å²) in [7, 11) is 2.19. The summed E-state index contributed by atoms with van der Waals surface area (Å²) in [6, 6.07) is 0. The molecule has 1 saturated heterocycles. The smallest absolute Gasteiger partial charge is 0.151 e. The Kier molecular flexibility index (Phi) is 3.35. The Morgan fingerprint density at radius 2 is 2.06 bits per heavy atom. The number of hydrogen-bond acceptors (Lipinski definition) is 4. The molecule has 2 aliphatic heterocycles. The zero-order chi connectivity index (χ0) is 12.5. The molecule has 1 atom stereocenters. The molecule has 100 valence electrons. The van der Waals surface area contributed by atoms with E-state index in [1.165, 1.54) is 25.9 Å². The molecule has 0 aromatic carbocycles. The first kappa shape index (κ1) is 12.1. The van der Waals surface area contributed by atoms with E-state index in [9.17, 15) is 5.11 Å². The van der Waals surface area contributed by atoms with Gasteiger partial charge in [0, 0.05) is 12.8 Å². The number of aliphatic hydroxyl groups excluding tert-OH is 1. The van der Waals surface area contributed by atoms with E-state index in [1.807, 2.05) is 4.68 Å². The molecule has 0 saturated carbocycles. The molecule has 1 fully saturated rings. The van der Waals surface area contributed by atoms with E-state index in [0.29, 0.717) is 6.54 Å². The molecule has 0 radical (unpaired) electrons. The second kappa shape index (κ2) is 4.97. The first-order valence-electron chi connectivity index (χ1n) is 7.00. The average Bonchev–Trinajstić information content (AvgIpc) is 2.73. The SMILES string of the molecule is CN1CCC(Cc2nc3n(n2)CC(O)CC3)CC1. The lowest BCUT2D eigenvalue weighted by Gasteiger charge is -2.28. The minimum Gasteiger partial charge on any atom is -0.391 e. The third-order valence-corrected chi connectivity index (χ3v) is 4.19. The van der Waals surface area contributed by atoms with Gasteiger partial charge in [0.05, 0.1) is 12.6 Å². The fraction of sp³-hybridized carbons (Fsp3) is 0.846. The number of hydrogen-bond donors (Lipinski definition) is 1. The van der Waals surface area contributed by atoms with Gasteiger partial charge in [-0.1, -0.05) is 0 Å². The van der Waals surface area contributed by atoms with Crippen molar-refractivity contribution in [1.82, 2.24) is 19.7 Å². The molecule has 3 rings (SSSR count). The van der Waals surface area contributed by atoms with Crippen LogP contribution in [0, 0.1) is 5.92 Å². The van der Waals surface area contributed by atoms with Crippen molar-refractivity contribution < 1.29 is 5.11 Å². The molecule has 0 aliphatic carbocycles. The van der Waals surface area contributed by atoms with Crippen molar-refractivity contribution >= 4 is 0 Å². The Hall–Kier alpha value is -0.940. The monoisotopic (exact) mass is 250 g/mol. The summed E-state index contributed by atoms with van der Waals surface area (Å²) in [5.41, 5.74) is 0. The summed E-state index contributed by atoms with van der Waals surface area (Å²) < 4.78 is 1.90. The molecule has 1 unspecified atom stereocenters. The lowest BCUT2D eigenvalue weighted by atomic mass is 9.94. The topological polar surface area (TPSA) is 54.2 Å². The first-order chi connectivity index (χ1) is 8.70. The molecule has 5 nitrogen and oxygen atoms in total. The molecule has 0 bridgehead atoms. The molecule has 18 heavy (non-hydrogen) atoms. The number of aryl methyl sites for hydroxylation is 1. The van der Waals surface area contributed by atoms with Gasteiger partial charge in [0.1, 0.15) is 5.82 Å². The highest BCUT2D eigenvalue weighted by Gasteiger charge is 2.22. The normalized spacial score (nSPS) is 26.2. The van der Waals surface area contributed by atoms with Crippen LogP contribution in [-0.4, -0.2) is 51.0 Å². The molecule has 0 amide bonds. The minimum absolute atomic E-state index is 0.240. The Morgan fingerprint density at radius 3 is 2.83 bits per heavy atom. The summed E-state index contributed by atoms with van der Waals surface area (Å²) >= 11 is 0. The number of nitrogens with zero attached hydrogens (tertiary/aromatic N) is 4. The van der Waals surface area contributed by atoms with Gasteiger partial charge < -0.3 is 10.0 Å². The van der Waals surface area contributed by atoms with Gasteiger partial charge >= 0.3 is 0 Å². The standard InChI is InChI=1S/C13H22N4O/c1-16-6-4-10(5-7-16)8-12-14-13-3-2-11(18)9-17(13)15-12/h10-11,18H,2-9H2,1H3. The number of aliphatic hydroxyl groups is 1. The lowest BCUT2D eigenvalue weighted by molar-refractivity contribution is 0.124. The number of piperidine rings is 1. The van der Waals surface area contributed by atoms with Crippen LogP contribution in [0.4, 0.5) is 0 Å².